The first-order chi connectivity index (χ1) is 6.68. The van der Waals surface area contributed by atoms with E-state index in [0.717, 1.165) is 12.8 Å². The highest BCUT2D eigenvalue weighted by Crippen LogP contribution is 2.26. The molecule has 1 aliphatic rings. The molecule has 1 fully saturated rings. The predicted molar refractivity (Wildman–Crippen MR) is 55.7 cm³/mol. The molecule has 0 aromatic heterocycles. The fourth-order valence-electron chi connectivity index (χ4n) is 1.46. The van der Waals surface area contributed by atoms with Gasteiger partial charge in [-0.15, -0.1) is 0 Å². The Bertz CT molecular complexity index is 217. The second-order valence-corrected chi connectivity index (χ2v) is 4.40. The monoisotopic (exact) mass is 217 g/mol. The third kappa shape index (κ3) is 4.36. The molecule has 0 aromatic rings. The first-order valence-corrected chi connectivity index (χ1v) is 5.58. The Morgan fingerprint density at radius 2 is 1.86 bits per heavy atom. The Hall–Kier alpha value is -0.910. The number of amides is 4. The van der Waals surface area contributed by atoms with Gasteiger partial charge in [-0.3, -0.25) is 10.0 Å². The van der Waals surface area contributed by atoms with E-state index in [1.54, 1.807) is 0 Å². The van der Waals surface area contributed by atoms with Crippen molar-refractivity contribution in [2.45, 2.75) is 37.4 Å². The zero-order chi connectivity index (χ0) is 10.4. The average molecular weight is 217 g/mol. The fourth-order valence-corrected chi connectivity index (χ4v) is 2.35. The summed E-state index contributed by atoms with van der Waals surface area (Å²) in [7, 11) is 0. The number of nitrogens with one attached hydrogen (secondary N) is 2. The molecule has 0 spiro atoms. The highest BCUT2D eigenvalue weighted by atomic mass is 32.2. The number of rotatable bonds is 2. The molecule has 0 atom stereocenters. The molecule has 80 valence electrons. The van der Waals surface area contributed by atoms with Crippen LogP contribution in [0, 0.1) is 0 Å². The molecule has 0 radical (unpaired) electrons. The summed E-state index contributed by atoms with van der Waals surface area (Å²) in [5.74, 6) is 0. The predicted octanol–water partition coefficient (Wildman–Crippen LogP) is 1.35. The Morgan fingerprint density at radius 3 is 2.43 bits per heavy atom. The van der Waals surface area contributed by atoms with Gasteiger partial charge in [0, 0.05) is 5.25 Å². The van der Waals surface area contributed by atoms with Gasteiger partial charge in [-0.2, -0.15) is 0 Å². The number of nitrogens with two attached hydrogens (primary N) is 1. The molecule has 4 amide bonds. The largest absolute Gasteiger partial charge is 0.351 e. The van der Waals surface area contributed by atoms with Gasteiger partial charge >= 0.3 is 12.1 Å². The summed E-state index contributed by atoms with van der Waals surface area (Å²) in [6.45, 7) is 0. The van der Waals surface area contributed by atoms with E-state index in [0.29, 0.717) is 5.25 Å². The normalized spacial score (nSPS) is 17.4. The van der Waals surface area contributed by atoms with Crippen LogP contribution >= 0.6 is 11.9 Å². The summed E-state index contributed by atoms with van der Waals surface area (Å²) >= 11 is 1.38. The minimum Gasteiger partial charge on any atom is -0.351 e. The first-order valence-electron chi connectivity index (χ1n) is 4.70. The van der Waals surface area contributed by atoms with Gasteiger partial charge in [-0.05, 0) is 24.8 Å². The summed E-state index contributed by atoms with van der Waals surface area (Å²) in [6, 6.07) is -1.36. The van der Waals surface area contributed by atoms with E-state index in [1.807, 2.05) is 5.32 Å². The van der Waals surface area contributed by atoms with Crippen LogP contribution in [0.3, 0.4) is 0 Å². The molecule has 4 N–H and O–H groups in total. The molecule has 1 aliphatic carbocycles. The Morgan fingerprint density at radius 1 is 1.21 bits per heavy atom. The van der Waals surface area contributed by atoms with Crippen LogP contribution in [-0.2, 0) is 0 Å². The highest BCUT2D eigenvalue weighted by molar-refractivity contribution is 7.98. The molecule has 0 aromatic carbocycles. The second-order valence-electron chi connectivity index (χ2n) is 3.30. The lowest BCUT2D eigenvalue weighted by Gasteiger charge is -2.20. The van der Waals surface area contributed by atoms with Gasteiger partial charge in [-0.25, -0.2) is 9.59 Å². The molecule has 1 saturated carbocycles. The van der Waals surface area contributed by atoms with Crippen molar-refractivity contribution in [3.8, 4) is 0 Å². The lowest BCUT2D eigenvalue weighted by Crippen LogP contribution is -2.40. The van der Waals surface area contributed by atoms with Gasteiger partial charge in [0.2, 0.25) is 0 Å². The first kappa shape index (κ1) is 11.2. The van der Waals surface area contributed by atoms with Crippen molar-refractivity contribution >= 4 is 24.0 Å². The van der Waals surface area contributed by atoms with Crippen LogP contribution in [0.2, 0.25) is 0 Å². The number of primary amides is 1. The standard InChI is InChI=1S/C8H15N3O2S/c9-7(12)10-8(13)11-14-6-4-2-1-3-5-6/h6H,1-5H2,(H4,9,10,11,12,13). The number of urea groups is 2. The topological polar surface area (TPSA) is 84.2 Å². The maximum atomic E-state index is 11.0. The number of carbonyl (C=O) groups is 2. The lowest BCUT2D eigenvalue weighted by atomic mass is 10.0. The van der Waals surface area contributed by atoms with Crippen LogP contribution in [0.5, 0.6) is 0 Å². The van der Waals surface area contributed by atoms with Crippen molar-refractivity contribution in [1.82, 2.24) is 10.0 Å². The molecule has 6 heteroatoms. The van der Waals surface area contributed by atoms with Gasteiger partial charge < -0.3 is 5.73 Å². The second kappa shape index (κ2) is 5.74. The molecule has 0 unspecified atom stereocenters. The zero-order valence-electron chi connectivity index (χ0n) is 7.91. The number of hydrogen-bond donors (Lipinski definition) is 3. The van der Waals surface area contributed by atoms with Crippen LogP contribution in [0.1, 0.15) is 32.1 Å². The third-order valence-electron chi connectivity index (χ3n) is 2.11. The molecule has 0 saturated heterocycles. The van der Waals surface area contributed by atoms with Gasteiger partial charge in [0.05, 0.1) is 0 Å². The molecule has 1 rings (SSSR count). The van der Waals surface area contributed by atoms with Gasteiger partial charge in [0.15, 0.2) is 0 Å². The molecular formula is C8H15N3O2S. The van der Waals surface area contributed by atoms with E-state index >= 15 is 0 Å². The molecule has 0 aliphatic heterocycles. The molecule has 0 heterocycles. The van der Waals surface area contributed by atoms with Crippen LogP contribution in [0.4, 0.5) is 9.59 Å². The number of carbonyl (C=O) groups excluding carboxylic acids is 2. The lowest BCUT2D eigenvalue weighted by molar-refractivity contribution is 0.235. The van der Waals surface area contributed by atoms with E-state index < -0.39 is 12.1 Å². The van der Waals surface area contributed by atoms with Crippen LogP contribution in [0.15, 0.2) is 0 Å². The third-order valence-corrected chi connectivity index (χ3v) is 3.22. The Balaban J connectivity index is 2.12. The molecule has 5 nitrogen and oxygen atoms in total. The number of hydrogen-bond acceptors (Lipinski definition) is 3. The molecule has 0 bridgehead atoms. The minimum absolute atomic E-state index is 0.474. The van der Waals surface area contributed by atoms with Gasteiger partial charge in [-0.1, -0.05) is 19.3 Å². The van der Waals surface area contributed by atoms with Crippen molar-refractivity contribution in [3.05, 3.63) is 0 Å². The van der Waals surface area contributed by atoms with Crippen LogP contribution < -0.4 is 15.8 Å². The summed E-state index contributed by atoms with van der Waals surface area (Å²) < 4.78 is 2.55. The SMILES string of the molecule is NC(=O)NC(=O)NSC1CCCCC1. The maximum Gasteiger partial charge on any atom is 0.332 e. The van der Waals surface area contributed by atoms with Crippen molar-refractivity contribution < 1.29 is 9.59 Å². The average Bonchev–Trinajstić information content (AvgIpc) is 2.15. The summed E-state index contributed by atoms with van der Waals surface area (Å²) in [5, 5.41) is 2.42. The van der Waals surface area contributed by atoms with E-state index in [9.17, 15) is 9.59 Å². The van der Waals surface area contributed by atoms with E-state index in [2.05, 4.69) is 4.72 Å². The minimum atomic E-state index is -0.827. The number of imide groups is 1. The molecular weight excluding hydrogens is 202 g/mol. The molecule has 14 heavy (non-hydrogen) atoms. The van der Waals surface area contributed by atoms with Crippen LogP contribution in [0.25, 0.3) is 0 Å². The summed E-state index contributed by atoms with van der Waals surface area (Å²) in [4.78, 5) is 21.3. The van der Waals surface area contributed by atoms with E-state index in [4.69, 9.17) is 5.73 Å². The fraction of sp³-hybridized carbons (Fsp3) is 0.750. The summed E-state index contributed by atoms with van der Waals surface area (Å²) in [5.41, 5.74) is 4.78. The van der Waals surface area contributed by atoms with Crippen molar-refractivity contribution in [2.24, 2.45) is 5.73 Å². The van der Waals surface area contributed by atoms with E-state index in [1.165, 1.54) is 31.2 Å². The zero-order valence-corrected chi connectivity index (χ0v) is 8.73. The van der Waals surface area contributed by atoms with E-state index in [-0.39, 0.29) is 0 Å². The van der Waals surface area contributed by atoms with Crippen molar-refractivity contribution in [3.63, 3.8) is 0 Å². The van der Waals surface area contributed by atoms with Gasteiger partial charge in [0.1, 0.15) is 0 Å². The Labute approximate surface area is 87.3 Å². The summed E-state index contributed by atoms with van der Waals surface area (Å²) in [6.07, 6.45) is 5.97. The van der Waals surface area contributed by atoms with Crippen LogP contribution in [-0.4, -0.2) is 17.3 Å². The quantitative estimate of drug-likeness (QED) is 0.610. The van der Waals surface area contributed by atoms with Crippen molar-refractivity contribution in [1.29, 1.82) is 0 Å². The van der Waals surface area contributed by atoms with Gasteiger partial charge in [0.25, 0.3) is 0 Å². The smallest absolute Gasteiger partial charge is 0.332 e. The highest BCUT2D eigenvalue weighted by Gasteiger charge is 2.15. The maximum absolute atomic E-state index is 11.0. The van der Waals surface area contributed by atoms with Crippen molar-refractivity contribution in [2.75, 3.05) is 0 Å². The Kier molecular flexibility index (Phi) is 4.58.